The summed E-state index contributed by atoms with van der Waals surface area (Å²) in [5, 5.41) is 0. The van der Waals surface area contributed by atoms with E-state index in [9.17, 15) is 9.59 Å². The second kappa shape index (κ2) is 6.02. The number of carbonyl (C=O) groups excluding carboxylic acids is 2. The number of likely N-dealkylation sites (tertiary alicyclic amines) is 1. The highest BCUT2D eigenvalue weighted by Crippen LogP contribution is 2.23. The summed E-state index contributed by atoms with van der Waals surface area (Å²) < 4.78 is 0. The highest BCUT2D eigenvalue weighted by atomic mass is 16.2. The summed E-state index contributed by atoms with van der Waals surface area (Å²) in [6, 6.07) is 18.2. The van der Waals surface area contributed by atoms with Crippen LogP contribution in [0, 0.1) is 5.92 Å². The number of rotatable bonds is 4. The summed E-state index contributed by atoms with van der Waals surface area (Å²) in [4.78, 5) is 24.9. The van der Waals surface area contributed by atoms with Gasteiger partial charge in [0.15, 0.2) is 0 Å². The maximum Gasteiger partial charge on any atom is 0.223 e. The SMILES string of the molecule is NC(=O)C1CC(=O)N(Cc2cccc(-c3ccccc3)c2)C1. The first-order chi connectivity index (χ1) is 10.6. The number of primary amides is 1. The van der Waals surface area contributed by atoms with Crippen LogP contribution in [0.3, 0.4) is 0 Å². The number of benzene rings is 2. The molecule has 0 saturated carbocycles. The minimum Gasteiger partial charge on any atom is -0.369 e. The van der Waals surface area contributed by atoms with Gasteiger partial charge in [0, 0.05) is 19.5 Å². The van der Waals surface area contributed by atoms with Gasteiger partial charge in [-0.2, -0.15) is 0 Å². The average molecular weight is 294 g/mol. The van der Waals surface area contributed by atoms with Crippen molar-refractivity contribution >= 4 is 11.8 Å². The van der Waals surface area contributed by atoms with E-state index in [0.29, 0.717) is 13.1 Å². The molecule has 2 amide bonds. The normalized spacial score (nSPS) is 17.7. The number of nitrogens with zero attached hydrogens (tertiary/aromatic N) is 1. The van der Waals surface area contributed by atoms with E-state index >= 15 is 0 Å². The molecule has 4 nitrogen and oxygen atoms in total. The van der Waals surface area contributed by atoms with Crippen molar-refractivity contribution in [2.45, 2.75) is 13.0 Å². The molecule has 0 aromatic heterocycles. The molecule has 22 heavy (non-hydrogen) atoms. The Labute approximate surface area is 129 Å². The largest absolute Gasteiger partial charge is 0.369 e. The van der Waals surface area contributed by atoms with Crippen molar-refractivity contribution in [3.63, 3.8) is 0 Å². The van der Waals surface area contributed by atoms with Crippen LogP contribution < -0.4 is 5.73 Å². The molecule has 4 heteroatoms. The van der Waals surface area contributed by atoms with Gasteiger partial charge < -0.3 is 10.6 Å². The van der Waals surface area contributed by atoms with Gasteiger partial charge in [0.25, 0.3) is 0 Å². The standard InChI is InChI=1S/C18H18N2O2/c19-18(22)16-10-17(21)20(12-16)11-13-5-4-8-15(9-13)14-6-2-1-3-7-14/h1-9,16H,10-12H2,(H2,19,22). The fourth-order valence-electron chi connectivity index (χ4n) is 2.82. The lowest BCUT2D eigenvalue weighted by Crippen LogP contribution is -2.28. The Hall–Kier alpha value is -2.62. The van der Waals surface area contributed by atoms with Crippen molar-refractivity contribution in [3.8, 4) is 11.1 Å². The smallest absolute Gasteiger partial charge is 0.223 e. The lowest BCUT2D eigenvalue weighted by molar-refractivity contribution is -0.128. The van der Waals surface area contributed by atoms with Crippen molar-refractivity contribution in [1.82, 2.24) is 4.90 Å². The van der Waals surface area contributed by atoms with E-state index in [0.717, 1.165) is 16.7 Å². The van der Waals surface area contributed by atoms with Gasteiger partial charge in [-0.05, 0) is 22.8 Å². The fraction of sp³-hybridized carbons (Fsp3) is 0.222. The number of carbonyl (C=O) groups is 2. The van der Waals surface area contributed by atoms with Gasteiger partial charge in [0.1, 0.15) is 0 Å². The van der Waals surface area contributed by atoms with Crippen LogP contribution in [0.25, 0.3) is 11.1 Å². The van der Waals surface area contributed by atoms with Gasteiger partial charge in [-0.25, -0.2) is 0 Å². The topological polar surface area (TPSA) is 63.4 Å². The molecular formula is C18H18N2O2. The minimum atomic E-state index is -0.395. The molecule has 1 aliphatic rings. The van der Waals surface area contributed by atoms with Gasteiger partial charge in [0.2, 0.25) is 11.8 Å². The molecule has 0 bridgehead atoms. The van der Waals surface area contributed by atoms with Crippen LogP contribution in [0.4, 0.5) is 0 Å². The summed E-state index contributed by atoms with van der Waals surface area (Å²) in [7, 11) is 0. The average Bonchev–Trinajstić information content (AvgIpc) is 2.90. The second-order valence-corrected chi connectivity index (χ2v) is 5.64. The van der Waals surface area contributed by atoms with E-state index in [-0.39, 0.29) is 18.2 Å². The van der Waals surface area contributed by atoms with E-state index in [2.05, 4.69) is 24.3 Å². The van der Waals surface area contributed by atoms with Gasteiger partial charge in [-0.1, -0.05) is 48.5 Å². The van der Waals surface area contributed by atoms with Crippen LogP contribution in [-0.2, 0) is 16.1 Å². The molecule has 1 atom stereocenters. The van der Waals surface area contributed by atoms with E-state index in [1.165, 1.54) is 0 Å². The van der Waals surface area contributed by atoms with Crippen molar-refractivity contribution in [2.75, 3.05) is 6.54 Å². The van der Waals surface area contributed by atoms with Crippen LogP contribution in [0.1, 0.15) is 12.0 Å². The van der Waals surface area contributed by atoms with Crippen LogP contribution in [-0.4, -0.2) is 23.3 Å². The third-order valence-electron chi connectivity index (χ3n) is 4.02. The molecule has 112 valence electrons. The first-order valence-electron chi connectivity index (χ1n) is 7.35. The van der Waals surface area contributed by atoms with Crippen molar-refractivity contribution in [2.24, 2.45) is 11.7 Å². The monoisotopic (exact) mass is 294 g/mol. The Morgan fingerprint density at radius 1 is 1.09 bits per heavy atom. The molecular weight excluding hydrogens is 276 g/mol. The second-order valence-electron chi connectivity index (χ2n) is 5.64. The van der Waals surface area contributed by atoms with E-state index in [4.69, 9.17) is 5.73 Å². The van der Waals surface area contributed by atoms with Crippen LogP contribution in [0.5, 0.6) is 0 Å². The Kier molecular flexibility index (Phi) is 3.92. The predicted octanol–water partition coefficient (Wildman–Crippen LogP) is 2.19. The number of nitrogens with two attached hydrogens (primary N) is 1. The highest BCUT2D eigenvalue weighted by Gasteiger charge is 2.32. The predicted molar refractivity (Wildman–Crippen MR) is 84.6 cm³/mol. The molecule has 2 aromatic carbocycles. The summed E-state index contributed by atoms with van der Waals surface area (Å²) in [5.74, 6) is -0.757. The van der Waals surface area contributed by atoms with Crippen molar-refractivity contribution in [3.05, 3.63) is 60.2 Å². The molecule has 1 unspecified atom stereocenters. The maximum absolute atomic E-state index is 12.0. The van der Waals surface area contributed by atoms with Gasteiger partial charge in [0.05, 0.1) is 5.92 Å². The third kappa shape index (κ3) is 3.01. The summed E-state index contributed by atoms with van der Waals surface area (Å²) in [6.45, 7) is 0.938. The molecule has 0 spiro atoms. The van der Waals surface area contributed by atoms with Crippen molar-refractivity contribution < 1.29 is 9.59 Å². The molecule has 1 saturated heterocycles. The maximum atomic E-state index is 12.0. The zero-order valence-electron chi connectivity index (χ0n) is 12.2. The summed E-state index contributed by atoms with van der Waals surface area (Å²) in [6.07, 6.45) is 0.230. The van der Waals surface area contributed by atoms with Crippen LogP contribution in [0.2, 0.25) is 0 Å². The number of hydrogen-bond donors (Lipinski definition) is 1. The molecule has 2 N–H and O–H groups in total. The van der Waals surface area contributed by atoms with Gasteiger partial charge in [-0.3, -0.25) is 9.59 Å². The minimum absolute atomic E-state index is 0.00564. The molecule has 3 rings (SSSR count). The van der Waals surface area contributed by atoms with E-state index in [1.807, 2.05) is 30.3 Å². The van der Waals surface area contributed by atoms with Crippen molar-refractivity contribution in [1.29, 1.82) is 0 Å². The fourth-order valence-corrected chi connectivity index (χ4v) is 2.82. The zero-order chi connectivity index (χ0) is 15.5. The van der Waals surface area contributed by atoms with Crippen LogP contribution >= 0.6 is 0 Å². The zero-order valence-corrected chi connectivity index (χ0v) is 12.2. The number of amides is 2. The Balaban J connectivity index is 1.77. The lowest BCUT2D eigenvalue weighted by Gasteiger charge is -2.16. The van der Waals surface area contributed by atoms with Gasteiger partial charge >= 0.3 is 0 Å². The van der Waals surface area contributed by atoms with E-state index in [1.54, 1.807) is 4.90 Å². The molecule has 1 aliphatic heterocycles. The Morgan fingerprint density at radius 2 is 1.82 bits per heavy atom. The molecule has 2 aromatic rings. The molecule has 0 aliphatic carbocycles. The first-order valence-corrected chi connectivity index (χ1v) is 7.35. The summed E-state index contributed by atoms with van der Waals surface area (Å²) in [5.41, 5.74) is 8.62. The molecule has 1 fully saturated rings. The van der Waals surface area contributed by atoms with E-state index < -0.39 is 5.91 Å². The van der Waals surface area contributed by atoms with Gasteiger partial charge in [-0.15, -0.1) is 0 Å². The van der Waals surface area contributed by atoms with Crippen LogP contribution in [0.15, 0.2) is 54.6 Å². The highest BCUT2D eigenvalue weighted by molar-refractivity contribution is 5.88. The lowest BCUT2D eigenvalue weighted by atomic mass is 10.0. The Morgan fingerprint density at radius 3 is 2.50 bits per heavy atom. The Bertz CT molecular complexity index is 697. The number of hydrogen-bond acceptors (Lipinski definition) is 2. The molecule has 1 heterocycles. The first kappa shape index (κ1) is 14.3. The summed E-state index contributed by atoms with van der Waals surface area (Å²) >= 11 is 0. The third-order valence-corrected chi connectivity index (χ3v) is 4.02. The molecule has 0 radical (unpaired) electrons. The quantitative estimate of drug-likeness (QED) is 0.939.